The Balaban J connectivity index is 1.75. The molecule has 2 unspecified atom stereocenters. The van der Waals surface area contributed by atoms with Crippen molar-refractivity contribution in [3.05, 3.63) is 54.1 Å². The number of hydrogen-bond acceptors (Lipinski definition) is 5. The van der Waals surface area contributed by atoms with Gasteiger partial charge in [-0.05, 0) is 43.0 Å². The Morgan fingerprint density at radius 3 is 2.81 bits per heavy atom. The molecule has 0 saturated carbocycles. The quantitative estimate of drug-likeness (QED) is 0.661. The molecule has 0 aromatic heterocycles. The second kappa shape index (κ2) is 7.74. The van der Waals surface area contributed by atoms with Gasteiger partial charge in [0.1, 0.15) is 5.75 Å². The summed E-state index contributed by atoms with van der Waals surface area (Å²) in [7, 11) is 0. The number of hydrogen-bond donors (Lipinski definition) is 1. The van der Waals surface area contributed by atoms with Crippen molar-refractivity contribution < 1.29 is 24.2 Å². The zero-order chi connectivity index (χ0) is 18.4. The molecule has 5 heteroatoms. The molecule has 2 atom stereocenters. The SMILES string of the molecule is O=C(COc1ccccc1)OC1C#C/C=C/C#CC2(O)CCC=C1C2=O. The van der Waals surface area contributed by atoms with Gasteiger partial charge >= 0.3 is 5.97 Å². The van der Waals surface area contributed by atoms with E-state index in [-0.39, 0.29) is 18.6 Å². The van der Waals surface area contributed by atoms with Crippen molar-refractivity contribution in [1.29, 1.82) is 0 Å². The molecule has 1 N–H and O–H groups in total. The molecule has 5 nitrogen and oxygen atoms in total. The third kappa shape index (κ3) is 4.03. The lowest BCUT2D eigenvalue weighted by Crippen LogP contribution is -2.43. The monoisotopic (exact) mass is 348 g/mol. The summed E-state index contributed by atoms with van der Waals surface area (Å²) < 4.78 is 10.7. The molecule has 1 aromatic rings. The molecule has 0 radical (unpaired) electrons. The standard InChI is InChI=1S/C21H16O5/c22-19(15-25-16-9-4-3-5-10-16)26-18-12-6-1-2-7-13-21(24)14-8-11-17(18)20(21)23/h1-5,9-11,18,24H,8,14-15H2/b2-1+. The first-order chi connectivity index (χ1) is 12.6. The molecule has 2 bridgehead atoms. The van der Waals surface area contributed by atoms with Crippen LogP contribution in [0.4, 0.5) is 0 Å². The van der Waals surface area contributed by atoms with Crippen LogP contribution in [0.3, 0.4) is 0 Å². The van der Waals surface area contributed by atoms with Gasteiger partial charge in [0, 0.05) is 5.57 Å². The van der Waals surface area contributed by atoms with E-state index < -0.39 is 23.5 Å². The second-order valence-corrected chi connectivity index (χ2v) is 5.75. The van der Waals surface area contributed by atoms with E-state index in [2.05, 4.69) is 23.7 Å². The number of ketones is 1. The van der Waals surface area contributed by atoms with E-state index in [1.807, 2.05) is 6.07 Å². The maximum atomic E-state index is 12.6. The van der Waals surface area contributed by atoms with Crippen LogP contribution in [0.2, 0.25) is 0 Å². The molecule has 0 saturated heterocycles. The van der Waals surface area contributed by atoms with Crippen LogP contribution in [0, 0.1) is 23.7 Å². The number of carbonyl (C=O) groups is 2. The number of fused-ring (bicyclic) bond motifs is 2. The van der Waals surface area contributed by atoms with E-state index >= 15 is 0 Å². The zero-order valence-electron chi connectivity index (χ0n) is 13.9. The predicted molar refractivity (Wildman–Crippen MR) is 93.8 cm³/mol. The van der Waals surface area contributed by atoms with Gasteiger partial charge in [-0.3, -0.25) is 4.79 Å². The number of carbonyl (C=O) groups excluding carboxylic acids is 2. The van der Waals surface area contributed by atoms with Crippen molar-refractivity contribution in [2.24, 2.45) is 0 Å². The van der Waals surface area contributed by atoms with Crippen LogP contribution in [0.15, 0.2) is 54.1 Å². The highest BCUT2D eigenvalue weighted by Gasteiger charge is 2.41. The molecule has 0 aliphatic heterocycles. The number of aliphatic hydroxyl groups is 1. The molecule has 3 rings (SSSR count). The Morgan fingerprint density at radius 2 is 2.00 bits per heavy atom. The van der Waals surface area contributed by atoms with Crippen molar-refractivity contribution in [2.75, 3.05) is 6.61 Å². The van der Waals surface area contributed by atoms with Crippen molar-refractivity contribution in [3.63, 3.8) is 0 Å². The second-order valence-electron chi connectivity index (χ2n) is 5.75. The van der Waals surface area contributed by atoms with E-state index in [9.17, 15) is 14.7 Å². The van der Waals surface area contributed by atoms with Gasteiger partial charge in [-0.15, -0.1) is 0 Å². The third-order valence-electron chi connectivity index (χ3n) is 3.88. The topological polar surface area (TPSA) is 72.8 Å². The van der Waals surface area contributed by atoms with E-state index in [4.69, 9.17) is 9.47 Å². The summed E-state index contributed by atoms with van der Waals surface area (Å²) in [5, 5.41) is 10.5. The highest BCUT2D eigenvalue weighted by Crippen LogP contribution is 2.27. The van der Waals surface area contributed by atoms with E-state index in [0.29, 0.717) is 12.2 Å². The van der Waals surface area contributed by atoms with Crippen molar-refractivity contribution in [3.8, 4) is 29.4 Å². The van der Waals surface area contributed by atoms with Gasteiger partial charge < -0.3 is 14.6 Å². The fourth-order valence-electron chi connectivity index (χ4n) is 2.59. The molecule has 26 heavy (non-hydrogen) atoms. The van der Waals surface area contributed by atoms with E-state index in [1.165, 1.54) is 12.2 Å². The number of benzene rings is 1. The molecule has 2 aliphatic rings. The van der Waals surface area contributed by atoms with Gasteiger partial charge in [0.25, 0.3) is 0 Å². The van der Waals surface area contributed by atoms with Gasteiger partial charge in [-0.2, -0.15) is 0 Å². The highest BCUT2D eigenvalue weighted by atomic mass is 16.6. The van der Waals surface area contributed by atoms with Crippen LogP contribution in [0.1, 0.15) is 12.8 Å². The largest absolute Gasteiger partial charge is 0.482 e. The zero-order valence-corrected chi connectivity index (χ0v) is 13.9. The Labute approximate surface area is 151 Å². The molecular formula is C21H16O5. The fourth-order valence-corrected chi connectivity index (χ4v) is 2.59. The summed E-state index contributed by atoms with van der Waals surface area (Å²) in [5.41, 5.74) is -1.64. The van der Waals surface area contributed by atoms with E-state index in [0.717, 1.165) is 0 Å². The predicted octanol–water partition coefficient (Wildman–Crippen LogP) is 1.57. The van der Waals surface area contributed by atoms with E-state index in [1.54, 1.807) is 30.3 Å². The molecular weight excluding hydrogens is 332 g/mol. The van der Waals surface area contributed by atoms with Crippen LogP contribution >= 0.6 is 0 Å². The fraction of sp³-hybridized carbons (Fsp3) is 0.238. The van der Waals surface area contributed by atoms with Crippen molar-refractivity contribution >= 4 is 11.8 Å². The van der Waals surface area contributed by atoms with Crippen LogP contribution in [0.5, 0.6) is 5.75 Å². The molecule has 0 fully saturated rings. The maximum Gasteiger partial charge on any atom is 0.345 e. The number of para-hydroxylation sites is 1. The summed E-state index contributed by atoms with van der Waals surface area (Å²) >= 11 is 0. The minimum absolute atomic E-state index is 0.143. The number of rotatable bonds is 4. The number of esters is 1. The maximum absolute atomic E-state index is 12.6. The molecule has 1 aromatic carbocycles. The van der Waals surface area contributed by atoms with Crippen molar-refractivity contribution in [1.82, 2.24) is 0 Å². The Morgan fingerprint density at radius 1 is 1.23 bits per heavy atom. The molecule has 130 valence electrons. The van der Waals surface area contributed by atoms with Gasteiger partial charge in [0.05, 0.1) is 0 Å². The highest BCUT2D eigenvalue weighted by molar-refractivity contribution is 6.06. The molecule has 2 aliphatic carbocycles. The normalized spacial score (nSPS) is 24.7. The summed E-state index contributed by atoms with van der Waals surface area (Å²) in [6, 6.07) is 8.83. The van der Waals surface area contributed by atoms with Crippen LogP contribution in [-0.2, 0) is 14.3 Å². The lowest BCUT2D eigenvalue weighted by Gasteiger charge is -2.28. The first-order valence-corrected chi connectivity index (χ1v) is 8.12. The Kier molecular flexibility index (Phi) is 5.22. The van der Waals surface area contributed by atoms with Crippen LogP contribution < -0.4 is 4.74 Å². The summed E-state index contributed by atoms with van der Waals surface area (Å²) in [6.45, 7) is -0.316. The van der Waals surface area contributed by atoms with Crippen LogP contribution in [-0.4, -0.2) is 35.2 Å². The average molecular weight is 348 g/mol. The third-order valence-corrected chi connectivity index (χ3v) is 3.88. The average Bonchev–Trinajstić information content (AvgIpc) is 2.64. The lowest BCUT2D eigenvalue weighted by atomic mass is 9.81. The summed E-state index contributed by atoms with van der Waals surface area (Å²) in [5.74, 6) is 9.88. The number of allylic oxidation sites excluding steroid dienone is 3. The lowest BCUT2D eigenvalue weighted by molar-refractivity contribution is -0.148. The number of Topliss-reactive ketones (excluding diaryl/α,β-unsaturated/α-hetero) is 1. The molecule has 0 heterocycles. The van der Waals surface area contributed by atoms with Crippen molar-refractivity contribution in [2.45, 2.75) is 24.5 Å². The number of ether oxygens (including phenoxy) is 2. The van der Waals surface area contributed by atoms with Gasteiger partial charge in [-0.25, -0.2) is 4.79 Å². The first kappa shape index (κ1) is 17.5. The van der Waals surface area contributed by atoms with Crippen LogP contribution in [0.25, 0.3) is 0 Å². The minimum Gasteiger partial charge on any atom is -0.482 e. The first-order valence-electron chi connectivity index (χ1n) is 8.12. The summed E-state index contributed by atoms with van der Waals surface area (Å²) in [6.07, 6.45) is 4.11. The molecule has 0 spiro atoms. The molecule has 0 amide bonds. The van der Waals surface area contributed by atoms with Gasteiger partial charge in [0.15, 0.2) is 18.3 Å². The Bertz CT molecular complexity index is 889. The Hall–Kier alpha value is -3.28. The minimum atomic E-state index is -1.78. The van der Waals surface area contributed by atoms with Gasteiger partial charge in [-0.1, -0.05) is 42.0 Å². The smallest absolute Gasteiger partial charge is 0.345 e. The summed E-state index contributed by atoms with van der Waals surface area (Å²) in [4.78, 5) is 24.7. The van der Waals surface area contributed by atoms with Gasteiger partial charge in [0.2, 0.25) is 5.78 Å².